The summed E-state index contributed by atoms with van der Waals surface area (Å²) in [5.74, 6) is 6.51. The lowest BCUT2D eigenvalue weighted by Crippen LogP contribution is -2.29. The molecule has 0 saturated carbocycles. The van der Waals surface area contributed by atoms with Crippen molar-refractivity contribution in [1.82, 2.24) is 5.43 Å². The van der Waals surface area contributed by atoms with Crippen LogP contribution in [-0.2, 0) is 0 Å². The SMILES string of the molecule is NNC(CSc1ccccc1Br)c1cccs1. The van der Waals surface area contributed by atoms with E-state index >= 15 is 0 Å². The number of halogens is 1. The van der Waals surface area contributed by atoms with Crippen LogP contribution in [0.1, 0.15) is 10.9 Å². The second kappa shape index (κ2) is 6.56. The molecule has 1 unspecified atom stereocenters. The third kappa shape index (κ3) is 3.56. The summed E-state index contributed by atoms with van der Waals surface area (Å²) in [7, 11) is 0. The molecule has 1 aromatic carbocycles. The predicted molar refractivity (Wildman–Crippen MR) is 79.2 cm³/mol. The molecule has 0 bridgehead atoms. The van der Waals surface area contributed by atoms with Gasteiger partial charge in [-0.05, 0) is 39.5 Å². The van der Waals surface area contributed by atoms with Crippen molar-refractivity contribution in [3.05, 3.63) is 51.1 Å². The minimum atomic E-state index is 0.201. The van der Waals surface area contributed by atoms with Gasteiger partial charge in [0.2, 0.25) is 0 Å². The molecule has 0 aliphatic rings. The quantitative estimate of drug-likeness (QED) is 0.498. The molecule has 0 spiro atoms. The Kier molecular flexibility index (Phi) is 5.06. The normalized spacial score (nSPS) is 12.6. The third-order valence-corrected chi connectivity index (χ3v) is 5.44. The molecule has 5 heteroatoms. The zero-order chi connectivity index (χ0) is 12.1. The van der Waals surface area contributed by atoms with Gasteiger partial charge in [-0.25, -0.2) is 0 Å². The predicted octanol–water partition coefficient (Wildman–Crippen LogP) is 3.81. The Labute approximate surface area is 118 Å². The molecule has 3 N–H and O–H groups in total. The lowest BCUT2D eigenvalue weighted by Gasteiger charge is -2.14. The number of thiophene rings is 1. The van der Waals surface area contributed by atoms with E-state index in [-0.39, 0.29) is 6.04 Å². The summed E-state index contributed by atoms with van der Waals surface area (Å²) in [6.45, 7) is 0. The minimum absolute atomic E-state index is 0.201. The number of nitrogens with one attached hydrogen (secondary N) is 1. The van der Waals surface area contributed by atoms with Crippen LogP contribution < -0.4 is 11.3 Å². The molecule has 0 aliphatic carbocycles. The molecular formula is C12H13BrN2S2. The second-order valence-electron chi connectivity index (χ2n) is 3.48. The molecule has 17 heavy (non-hydrogen) atoms. The maximum Gasteiger partial charge on any atom is 0.0647 e. The summed E-state index contributed by atoms with van der Waals surface area (Å²) in [5.41, 5.74) is 2.87. The van der Waals surface area contributed by atoms with E-state index in [2.05, 4.69) is 44.9 Å². The number of hydrogen-bond acceptors (Lipinski definition) is 4. The largest absolute Gasteiger partial charge is 0.271 e. The molecule has 2 nitrogen and oxygen atoms in total. The number of rotatable bonds is 5. The molecule has 0 aliphatic heterocycles. The van der Waals surface area contributed by atoms with Gasteiger partial charge < -0.3 is 0 Å². The van der Waals surface area contributed by atoms with Crippen LogP contribution in [-0.4, -0.2) is 5.75 Å². The highest BCUT2D eigenvalue weighted by Gasteiger charge is 2.11. The number of thioether (sulfide) groups is 1. The van der Waals surface area contributed by atoms with Crippen molar-refractivity contribution in [2.24, 2.45) is 5.84 Å². The molecular weight excluding hydrogens is 316 g/mol. The third-order valence-electron chi connectivity index (χ3n) is 2.33. The first-order chi connectivity index (χ1) is 8.31. The molecule has 2 aromatic rings. The maximum atomic E-state index is 5.60. The van der Waals surface area contributed by atoms with Gasteiger partial charge in [0, 0.05) is 20.0 Å². The smallest absolute Gasteiger partial charge is 0.0647 e. The molecule has 1 aromatic heterocycles. The highest BCUT2D eigenvalue weighted by Crippen LogP contribution is 2.31. The Hall–Kier alpha value is -0.330. The van der Waals surface area contributed by atoms with Crippen LogP contribution in [0.5, 0.6) is 0 Å². The summed E-state index contributed by atoms with van der Waals surface area (Å²) >= 11 is 7.07. The van der Waals surface area contributed by atoms with Gasteiger partial charge in [-0.15, -0.1) is 23.1 Å². The number of nitrogens with two attached hydrogens (primary N) is 1. The van der Waals surface area contributed by atoms with Gasteiger partial charge in [-0.1, -0.05) is 18.2 Å². The van der Waals surface area contributed by atoms with Gasteiger partial charge in [0.15, 0.2) is 0 Å². The Balaban J connectivity index is 2.00. The lowest BCUT2D eigenvalue weighted by molar-refractivity contribution is 0.620. The Morgan fingerprint density at radius 3 is 2.76 bits per heavy atom. The lowest BCUT2D eigenvalue weighted by atomic mass is 10.3. The number of hydrazine groups is 1. The highest BCUT2D eigenvalue weighted by atomic mass is 79.9. The van der Waals surface area contributed by atoms with Crippen LogP contribution in [0, 0.1) is 0 Å². The number of hydrogen-bond donors (Lipinski definition) is 2. The van der Waals surface area contributed by atoms with Crippen LogP contribution in [0.15, 0.2) is 51.1 Å². The van der Waals surface area contributed by atoms with Crippen LogP contribution >= 0.6 is 39.0 Å². The van der Waals surface area contributed by atoms with Gasteiger partial charge >= 0.3 is 0 Å². The van der Waals surface area contributed by atoms with Crippen molar-refractivity contribution in [2.45, 2.75) is 10.9 Å². The van der Waals surface area contributed by atoms with Crippen LogP contribution in [0.4, 0.5) is 0 Å². The van der Waals surface area contributed by atoms with E-state index in [0.29, 0.717) is 0 Å². The average Bonchev–Trinajstić information content (AvgIpc) is 2.86. The summed E-state index contributed by atoms with van der Waals surface area (Å²) in [4.78, 5) is 2.51. The molecule has 1 heterocycles. The van der Waals surface area contributed by atoms with Crippen molar-refractivity contribution >= 4 is 39.0 Å². The fourth-order valence-corrected chi connectivity index (χ4v) is 3.96. The first kappa shape index (κ1) is 13.1. The van der Waals surface area contributed by atoms with Crippen molar-refractivity contribution in [3.8, 4) is 0 Å². The van der Waals surface area contributed by atoms with Crippen molar-refractivity contribution in [1.29, 1.82) is 0 Å². The van der Waals surface area contributed by atoms with E-state index in [1.165, 1.54) is 9.77 Å². The number of benzene rings is 1. The Bertz CT molecular complexity index is 459. The molecule has 0 fully saturated rings. The first-order valence-electron chi connectivity index (χ1n) is 5.18. The van der Waals surface area contributed by atoms with E-state index in [1.54, 1.807) is 23.1 Å². The van der Waals surface area contributed by atoms with E-state index in [1.807, 2.05) is 18.2 Å². The van der Waals surface area contributed by atoms with Crippen LogP contribution in [0.25, 0.3) is 0 Å². The fourth-order valence-electron chi connectivity index (χ4n) is 1.44. The summed E-state index contributed by atoms with van der Waals surface area (Å²) in [6.07, 6.45) is 0. The van der Waals surface area contributed by atoms with Crippen LogP contribution in [0.3, 0.4) is 0 Å². The zero-order valence-electron chi connectivity index (χ0n) is 9.10. The topological polar surface area (TPSA) is 38.0 Å². The highest BCUT2D eigenvalue weighted by molar-refractivity contribution is 9.10. The van der Waals surface area contributed by atoms with Crippen molar-refractivity contribution < 1.29 is 0 Å². The fraction of sp³-hybridized carbons (Fsp3) is 0.167. The zero-order valence-corrected chi connectivity index (χ0v) is 12.3. The molecule has 0 saturated heterocycles. The Morgan fingerprint density at radius 1 is 1.29 bits per heavy atom. The summed E-state index contributed by atoms with van der Waals surface area (Å²) < 4.78 is 1.13. The van der Waals surface area contributed by atoms with Crippen LogP contribution in [0.2, 0.25) is 0 Å². The molecule has 90 valence electrons. The maximum absolute atomic E-state index is 5.60. The molecule has 0 amide bonds. The second-order valence-corrected chi connectivity index (χ2v) is 6.37. The molecule has 2 rings (SSSR count). The van der Waals surface area contributed by atoms with E-state index in [9.17, 15) is 0 Å². The first-order valence-corrected chi connectivity index (χ1v) is 7.84. The van der Waals surface area contributed by atoms with Gasteiger partial charge in [0.1, 0.15) is 0 Å². The van der Waals surface area contributed by atoms with Crippen molar-refractivity contribution in [3.63, 3.8) is 0 Å². The van der Waals surface area contributed by atoms with Gasteiger partial charge in [-0.2, -0.15) is 0 Å². The standard InChI is InChI=1S/C12H13BrN2S2/c13-9-4-1-2-5-11(9)17-8-10(15-14)12-6-3-7-16-12/h1-7,10,15H,8,14H2. The average molecular weight is 329 g/mol. The van der Waals surface area contributed by atoms with E-state index < -0.39 is 0 Å². The Morgan fingerprint density at radius 2 is 2.12 bits per heavy atom. The van der Waals surface area contributed by atoms with Gasteiger partial charge in [-0.3, -0.25) is 11.3 Å². The van der Waals surface area contributed by atoms with E-state index in [4.69, 9.17) is 5.84 Å². The van der Waals surface area contributed by atoms with Crippen molar-refractivity contribution in [2.75, 3.05) is 5.75 Å². The summed E-state index contributed by atoms with van der Waals surface area (Å²) in [5, 5.41) is 2.07. The molecule has 0 radical (unpaired) electrons. The molecule has 1 atom stereocenters. The van der Waals surface area contributed by atoms with E-state index in [0.717, 1.165) is 10.2 Å². The van der Waals surface area contributed by atoms with Gasteiger partial charge in [0.25, 0.3) is 0 Å². The minimum Gasteiger partial charge on any atom is -0.271 e. The summed E-state index contributed by atoms with van der Waals surface area (Å²) in [6, 6.07) is 12.6. The van der Waals surface area contributed by atoms with Gasteiger partial charge in [0.05, 0.1) is 6.04 Å². The monoisotopic (exact) mass is 328 g/mol.